The molecule has 5 rings (SSSR count). The van der Waals surface area contributed by atoms with Crippen LogP contribution in [0.4, 0.5) is 10.2 Å². The second-order valence-corrected chi connectivity index (χ2v) is 9.99. The van der Waals surface area contributed by atoms with Crippen molar-refractivity contribution >= 4 is 27.7 Å². The maximum Gasteiger partial charge on any atom is 0.337 e. The predicted molar refractivity (Wildman–Crippen MR) is 145 cm³/mol. The number of methoxy groups -OCH3 is 1. The zero-order valence-electron chi connectivity index (χ0n) is 20.8. The molecule has 0 radical (unpaired) electrons. The summed E-state index contributed by atoms with van der Waals surface area (Å²) in [4.78, 5) is 30.1. The van der Waals surface area contributed by atoms with Crippen LogP contribution in [0.3, 0.4) is 0 Å². The maximum absolute atomic E-state index is 15.0. The number of carbonyl (C=O) groups is 1. The number of ether oxygens (including phenoxy) is 2. The summed E-state index contributed by atoms with van der Waals surface area (Å²) in [6.45, 7) is 2.05. The number of nitrogens with zero attached hydrogens (tertiary/aromatic N) is 2. The van der Waals surface area contributed by atoms with E-state index >= 15 is 0 Å². The Kier molecular flexibility index (Phi) is 7.03. The van der Waals surface area contributed by atoms with Gasteiger partial charge < -0.3 is 14.8 Å². The number of hydrogen-bond acceptors (Lipinski definition) is 6. The summed E-state index contributed by atoms with van der Waals surface area (Å²) < 4.78 is 27.6. The van der Waals surface area contributed by atoms with Crippen LogP contribution in [0.25, 0.3) is 5.69 Å². The van der Waals surface area contributed by atoms with E-state index in [4.69, 9.17) is 9.47 Å². The highest BCUT2D eigenvalue weighted by molar-refractivity contribution is 9.10. The molecule has 7 nitrogen and oxygen atoms in total. The third-order valence-electron chi connectivity index (χ3n) is 6.58. The Hall–Kier alpha value is -3.98. The molecule has 1 aliphatic rings. The zero-order chi connectivity index (χ0) is 26.9. The number of halogens is 2. The van der Waals surface area contributed by atoms with E-state index in [0.29, 0.717) is 34.3 Å². The highest BCUT2D eigenvalue weighted by atomic mass is 79.9. The minimum atomic E-state index is -0.707. The molecule has 0 unspecified atom stereocenters. The number of anilines is 1. The number of nitrogens with one attached hydrogen (secondary N) is 1. The lowest BCUT2D eigenvalue weighted by molar-refractivity contribution is 0.0600. The Balaban J connectivity index is 1.50. The summed E-state index contributed by atoms with van der Waals surface area (Å²) in [6.07, 6.45) is 2.89. The standard InChI is InChI=1S/C29H25BrFN3O4/c1-18-11-12-20(28(36)37-2)15-23(18)34-16-24(30)32-26(27(34)35)33-29(13-14-29)21-9-6-10-22(31)25(21)38-17-19-7-4-3-5-8-19/h3-12,15-16H,13-14,17H2,1-2H3,(H,32,33). The van der Waals surface area contributed by atoms with Crippen LogP contribution in [-0.2, 0) is 16.9 Å². The highest BCUT2D eigenvalue weighted by Crippen LogP contribution is 2.51. The molecule has 194 valence electrons. The first-order chi connectivity index (χ1) is 18.3. The van der Waals surface area contributed by atoms with Gasteiger partial charge in [-0.25, -0.2) is 14.2 Å². The van der Waals surface area contributed by atoms with Crippen molar-refractivity contribution < 1.29 is 18.7 Å². The summed E-state index contributed by atoms with van der Waals surface area (Å²) in [5, 5.41) is 3.29. The summed E-state index contributed by atoms with van der Waals surface area (Å²) in [7, 11) is 1.30. The second-order valence-electron chi connectivity index (χ2n) is 9.18. The van der Waals surface area contributed by atoms with Crippen LogP contribution in [0.15, 0.2) is 82.3 Å². The van der Waals surface area contributed by atoms with Gasteiger partial charge in [0, 0.05) is 11.8 Å². The van der Waals surface area contributed by atoms with Crippen molar-refractivity contribution in [3.8, 4) is 11.4 Å². The van der Waals surface area contributed by atoms with E-state index in [-0.39, 0.29) is 18.2 Å². The molecule has 1 fully saturated rings. The minimum Gasteiger partial charge on any atom is -0.485 e. The van der Waals surface area contributed by atoms with Crippen molar-refractivity contribution in [2.75, 3.05) is 12.4 Å². The molecule has 0 aliphatic heterocycles. The molecule has 0 saturated heterocycles. The molecular weight excluding hydrogens is 553 g/mol. The van der Waals surface area contributed by atoms with E-state index in [9.17, 15) is 14.0 Å². The van der Waals surface area contributed by atoms with E-state index in [1.165, 1.54) is 17.7 Å². The first kappa shape index (κ1) is 25.7. The average molecular weight is 578 g/mol. The second kappa shape index (κ2) is 10.4. The number of rotatable bonds is 8. The van der Waals surface area contributed by atoms with Gasteiger partial charge >= 0.3 is 5.97 Å². The van der Waals surface area contributed by atoms with Crippen LogP contribution in [0.2, 0.25) is 0 Å². The van der Waals surface area contributed by atoms with Crippen molar-refractivity contribution in [1.82, 2.24) is 9.55 Å². The van der Waals surface area contributed by atoms with Crippen molar-refractivity contribution in [3.63, 3.8) is 0 Å². The monoisotopic (exact) mass is 577 g/mol. The molecule has 0 atom stereocenters. The largest absolute Gasteiger partial charge is 0.485 e. The third-order valence-corrected chi connectivity index (χ3v) is 6.96. The van der Waals surface area contributed by atoms with Crippen molar-refractivity contribution in [2.24, 2.45) is 0 Å². The highest BCUT2D eigenvalue weighted by Gasteiger charge is 2.48. The van der Waals surface area contributed by atoms with Crippen LogP contribution in [0, 0.1) is 12.7 Å². The number of aromatic nitrogens is 2. The molecule has 1 aromatic heterocycles. The number of esters is 1. The van der Waals surface area contributed by atoms with Crippen LogP contribution in [-0.4, -0.2) is 22.6 Å². The van der Waals surface area contributed by atoms with E-state index in [2.05, 4.69) is 26.2 Å². The molecule has 4 aromatic rings. The van der Waals surface area contributed by atoms with Gasteiger partial charge in [-0.3, -0.25) is 9.36 Å². The van der Waals surface area contributed by atoms with Gasteiger partial charge in [-0.1, -0.05) is 48.5 Å². The molecule has 0 amide bonds. The van der Waals surface area contributed by atoms with Gasteiger partial charge in [0.25, 0.3) is 5.56 Å². The maximum atomic E-state index is 15.0. The number of hydrogen-bond donors (Lipinski definition) is 1. The van der Waals surface area contributed by atoms with Gasteiger partial charge in [0.2, 0.25) is 0 Å². The molecule has 9 heteroatoms. The smallest absolute Gasteiger partial charge is 0.337 e. The summed E-state index contributed by atoms with van der Waals surface area (Å²) >= 11 is 3.40. The van der Waals surface area contributed by atoms with Crippen LogP contribution >= 0.6 is 15.9 Å². The van der Waals surface area contributed by atoms with Gasteiger partial charge in [-0.2, -0.15) is 0 Å². The number of aryl methyl sites for hydroxylation is 1. The Morgan fingerprint density at radius 2 is 1.89 bits per heavy atom. The summed E-state index contributed by atoms with van der Waals surface area (Å²) in [6, 6.07) is 19.3. The topological polar surface area (TPSA) is 82.5 Å². The molecular formula is C29H25BrFN3O4. The van der Waals surface area contributed by atoms with E-state index in [1.807, 2.05) is 43.3 Å². The van der Waals surface area contributed by atoms with Crippen molar-refractivity contribution in [2.45, 2.75) is 31.9 Å². The number of carbonyl (C=O) groups excluding carboxylic acids is 1. The van der Waals surface area contributed by atoms with Gasteiger partial charge in [0.05, 0.1) is 23.9 Å². The van der Waals surface area contributed by atoms with E-state index in [0.717, 1.165) is 11.1 Å². The average Bonchev–Trinajstić information content (AvgIpc) is 3.70. The van der Waals surface area contributed by atoms with Crippen LogP contribution in [0.5, 0.6) is 5.75 Å². The van der Waals surface area contributed by atoms with Gasteiger partial charge in [0.15, 0.2) is 17.4 Å². The molecule has 1 aliphatic carbocycles. The Morgan fingerprint density at radius 3 is 2.61 bits per heavy atom. The first-order valence-electron chi connectivity index (χ1n) is 12.0. The first-order valence-corrected chi connectivity index (χ1v) is 12.8. The van der Waals surface area contributed by atoms with Gasteiger partial charge in [0.1, 0.15) is 11.2 Å². The Labute approximate surface area is 227 Å². The van der Waals surface area contributed by atoms with Crippen molar-refractivity contribution in [3.05, 3.63) is 116 Å². The Morgan fingerprint density at radius 1 is 1.13 bits per heavy atom. The molecule has 1 saturated carbocycles. The van der Waals surface area contributed by atoms with Gasteiger partial charge in [-0.15, -0.1) is 0 Å². The SMILES string of the molecule is COC(=O)c1ccc(C)c(-n2cc(Br)nc(NC3(c4cccc(F)c4OCc4ccccc4)CC3)c2=O)c1. The normalized spacial score (nSPS) is 13.6. The lowest BCUT2D eigenvalue weighted by atomic mass is 10.0. The fourth-order valence-corrected chi connectivity index (χ4v) is 4.79. The molecule has 0 bridgehead atoms. The molecule has 1 heterocycles. The van der Waals surface area contributed by atoms with E-state index in [1.54, 1.807) is 30.5 Å². The molecule has 3 aromatic carbocycles. The minimum absolute atomic E-state index is 0.0954. The predicted octanol–water partition coefficient (Wildman–Crippen LogP) is 5.91. The number of para-hydroxylation sites is 1. The fraction of sp³-hybridized carbons (Fsp3) is 0.207. The molecule has 0 spiro atoms. The summed E-state index contributed by atoms with van der Waals surface area (Å²) in [5.74, 6) is -0.727. The van der Waals surface area contributed by atoms with Crippen LogP contribution in [0.1, 0.15) is 39.9 Å². The van der Waals surface area contributed by atoms with Gasteiger partial charge in [-0.05, 0) is 65.0 Å². The number of benzene rings is 3. The molecule has 1 N–H and O–H groups in total. The Bertz CT molecular complexity index is 1570. The fourth-order valence-electron chi connectivity index (χ4n) is 4.41. The quantitative estimate of drug-likeness (QED) is 0.262. The lowest BCUT2D eigenvalue weighted by Crippen LogP contribution is -2.29. The van der Waals surface area contributed by atoms with Crippen LogP contribution < -0.4 is 15.6 Å². The zero-order valence-corrected chi connectivity index (χ0v) is 22.4. The lowest BCUT2D eigenvalue weighted by Gasteiger charge is -2.23. The van der Waals surface area contributed by atoms with E-state index < -0.39 is 22.9 Å². The molecule has 38 heavy (non-hydrogen) atoms. The summed E-state index contributed by atoms with van der Waals surface area (Å²) in [5.41, 5.74) is 2.06. The van der Waals surface area contributed by atoms with Crippen molar-refractivity contribution in [1.29, 1.82) is 0 Å². The third kappa shape index (κ3) is 5.06.